The van der Waals surface area contributed by atoms with Crippen LogP contribution in [-0.2, 0) is 27.7 Å². The van der Waals surface area contributed by atoms with Crippen molar-refractivity contribution in [2.45, 2.75) is 31.1 Å². The number of amides is 1. The van der Waals surface area contributed by atoms with Crippen molar-refractivity contribution in [2.75, 3.05) is 38.0 Å². The van der Waals surface area contributed by atoms with E-state index in [1.54, 1.807) is 36.1 Å². The molecule has 1 aliphatic carbocycles. The first kappa shape index (κ1) is 20.8. The molecule has 1 fully saturated rings. The summed E-state index contributed by atoms with van der Waals surface area (Å²) >= 11 is 0. The van der Waals surface area contributed by atoms with Gasteiger partial charge < -0.3 is 10.2 Å². The van der Waals surface area contributed by atoms with Gasteiger partial charge in [-0.1, -0.05) is 12.1 Å². The van der Waals surface area contributed by atoms with E-state index in [-0.39, 0.29) is 31.4 Å². The molecule has 0 spiro atoms. The van der Waals surface area contributed by atoms with Crippen LogP contribution in [0.4, 0.5) is 10.1 Å². The van der Waals surface area contributed by atoms with Gasteiger partial charge in [0, 0.05) is 31.9 Å². The molecule has 0 radical (unpaired) electrons. The van der Waals surface area contributed by atoms with Crippen molar-refractivity contribution in [1.82, 2.24) is 9.21 Å². The molecule has 0 aromatic heterocycles. The lowest BCUT2D eigenvalue weighted by Crippen LogP contribution is -2.51. The number of fused-ring (bicyclic) bond motifs is 1. The Balaban J connectivity index is 1.33. The minimum atomic E-state index is -3.56. The molecule has 2 aromatic rings. The molecular formula is C22H26FN3O3S. The van der Waals surface area contributed by atoms with Gasteiger partial charge in [0.2, 0.25) is 15.9 Å². The zero-order valence-corrected chi connectivity index (χ0v) is 17.8. The highest BCUT2D eigenvalue weighted by Crippen LogP contribution is 2.26. The largest absolute Gasteiger partial charge is 0.376 e. The molecule has 30 heavy (non-hydrogen) atoms. The average Bonchev–Trinajstić information content (AvgIpc) is 3.22. The molecule has 1 aliphatic heterocycles. The fraction of sp³-hybridized carbons (Fsp3) is 0.409. The van der Waals surface area contributed by atoms with E-state index in [2.05, 4.69) is 5.32 Å². The first-order valence-corrected chi connectivity index (χ1v) is 11.7. The molecule has 4 rings (SSSR count). The monoisotopic (exact) mass is 431 g/mol. The molecule has 1 amide bonds. The molecule has 1 heterocycles. The van der Waals surface area contributed by atoms with Gasteiger partial charge in [-0.3, -0.25) is 4.79 Å². The van der Waals surface area contributed by atoms with Gasteiger partial charge in [0.25, 0.3) is 0 Å². The van der Waals surface area contributed by atoms with Crippen LogP contribution in [0.5, 0.6) is 0 Å². The van der Waals surface area contributed by atoms with Crippen molar-refractivity contribution in [3.8, 4) is 0 Å². The molecule has 8 heteroatoms. The standard InChI is InChI=1S/C22H26FN3O3S/c1-16-5-7-19(14-21(16)23)24-15-22(27)25-9-11-26(12-10-25)30(28,29)20-8-6-17-3-2-4-18(17)13-20/h5-8,13-14,24H,2-4,9-12,15H2,1H3. The Morgan fingerprint density at radius 2 is 1.77 bits per heavy atom. The predicted molar refractivity (Wildman–Crippen MR) is 113 cm³/mol. The minimum absolute atomic E-state index is 0.0417. The Bertz CT molecular complexity index is 1060. The lowest BCUT2D eigenvalue weighted by atomic mass is 10.1. The van der Waals surface area contributed by atoms with Gasteiger partial charge in [0.1, 0.15) is 5.82 Å². The van der Waals surface area contributed by atoms with Gasteiger partial charge in [0.15, 0.2) is 0 Å². The number of halogens is 1. The summed E-state index contributed by atoms with van der Waals surface area (Å²) in [5.41, 5.74) is 3.46. The number of aryl methyl sites for hydroxylation is 3. The lowest BCUT2D eigenvalue weighted by Gasteiger charge is -2.34. The quantitative estimate of drug-likeness (QED) is 0.790. The number of carbonyl (C=O) groups excluding carboxylic acids is 1. The highest BCUT2D eigenvalue weighted by molar-refractivity contribution is 7.89. The van der Waals surface area contributed by atoms with Gasteiger partial charge in [0.05, 0.1) is 11.4 Å². The maximum atomic E-state index is 13.6. The van der Waals surface area contributed by atoms with Gasteiger partial charge in [-0.25, -0.2) is 12.8 Å². The number of hydrogen-bond acceptors (Lipinski definition) is 4. The maximum absolute atomic E-state index is 13.6. The van der Waals surface area contributed by atoms with Crippen LogP contribution in [0.15, 0.2) is 41.3 Å². The van der Waals surface area contributed by atoms with E-state index >= 15 is 0 Å². The van der Waals surface area contributed by atoms with E-state index in [0.29, 0.717) is 29.2 Å². The van der Waals surface area contributed by atoms with Crippen LogP contribution in [-0.4, -0.2) is 56.3 Å². The molecule has 2 aromatic carbocycles. The smallest absolute Gasteiger partial charge is 0.243 e. The number of piperazine rings is 1. The van der Waals surface area contributed by atoms with Gasteiger partial charge >= 0.3 is 0 Å². The third-order valence-corrected chi connectivity index (χ3v) is 7.81. The first-order chi connectivity index (χ1) is 14.3. The molecule has 1 saturated heterocycles. The van der Waals surface area contributed by atoms with Gasteiger partial charge in [-0.2, -0.15) is 4.31 Å². The van der Waals surface area contributed by atoms with E-state index in [9.17, 15) is 17.6 Å². The average molecular weight is 432 g/mol. The number of carbonyl (C=O) groups is 1. The van der Waals surface area contributed by atoms with Crippen molar-refractivity contribution in [3.63, 3.8) is 0 Å². The van der Waals surface area contributed by atoms with Crippen LogP contribution in [0.1, 0.15) is 23.1 Å². The Morgan fingerprint density at radius 1 is 1.03 bits per heavy atom. The lowest BCUT2D eigenvalue weighted by molar-refractivity contribution is -0.130. The molecule has 6 nitrogen and oxygen atoms in total. The first-order valence-electron chi connectivity index (χ1n) is 10.2. The van der Waals surface area contributed by atoms with Crippen LogP contribution in [0.25, 0.3) is 0 Å². The maximum Gasteiger partial charge on any atom is 0.243 e. The van der Waals surface area contributed by atoms with Crippen molar-refractivity contribution in [1.29, 1.82) is 0 Å². The number of anilines is 1. The number of nitrogens with zero attached hydrogens (tertiary/aromatic N) is 2. The van der Waals surface area contributed by atoms with E-state index in [1.165, 1.54) is 15.9 Å². The Hall–Kier alpha value is -2.45. The Morgan fingerprint density at radius 3 is 2.50 bits per heavy atom. The summed E-state index contributed by atoms with van der Waals surface area (Å²) in [4.78, 5) is 14.5. The zero-order chi connectivity index (χ0) is 21.3. The fourth-order valence-electron chi connectivity index (χ4n) is 4.03. The predicted octanol–water partition coefficient (Wildman–Crippen LogP) is 2.57. The van der Waals surface area contributed by atoms with Gasteiger partial charge in [-0.15, -0.1) is 0 Å². The molecule has 0 unspecified atom stereocenters. The van der Waals surface area contributed by atoms with Crippen molar-refractivity contribution >= 4 is 21.6 Å². The number of sulfonamides is 1. The summed E-state index contributed by atoms with van der Waals surface area (Å²) in [7, 11) is -3.56. The van der Waals surface area contributed by atoms with E-state index in [0.717, 1.165) is 24.8 Å². The molecule has 2 aliphatic rings. The van der Waals surface area contributed by atoms with Crippen LogP contribution in [0.3, 0.4) is 0 Å². The van der Waals surface area contributed by atoms with E-state index in [1.807, 2.05) is 6.07 Å². The summed E-state index contributed by atoms with van der Waals surface area (Å²) < 4.78 is 41.1. The molecule has 0 saturated carbocycles. The second-order valence-electron chi connectivity index (χ2n) is 7.89. The van der Waals surface area contributed by atoms with Crippen LogP contribution in [0.2, 0.25) is 0 Å². The molecule has 0 bridgehead atoms. The summed E-state index contributed by atoms with van der Waals surface area (Å²) in [6, 6.07) is 10.2. The number of hydrogen-bond donors (Lipinski definition) is 1. The summed E-state index contributed by atoms with van der Waals surface area (Å²) in [5, 5.41) is 2.94. The zero-order valence-electron chi connectivity index (χ0n) is 17.0. The summed E-state index contributed by atoms with van der Waals surface area (Å²) in [5.74, 6) is -0.455. The molecule has 1 N–H and O–H groups in total. The molecule has 0 atom stereocenters. The second kappa shape index (κ2) is 8.35. The number of rotatable bonds is 5. The van der Waals surface area contributed by atoms with Crippen molar-refractivity contribution in [3.05, 3.63) is 58.9 Å². The topological polar surface area (TPSA) is 69.7 Å². The number of nitrogens with one attached hydrogen (secondary N) is 1. The summed E-state index contributed by atoms with van der Waals surface area (Å²) in [6.45, 7) is 2.94. The van der Waals surface area contributed by atoms with Crippen molar-refractivity contribution < 1.29 is 17.6 Å². The highest BCUT2D eigenvalue weighted by Gasteiger charge is 2.30. The van der Waals surface area contributed by atoms with Crippen LogP contribution >= 0.6 is 0 Å². The minimum Gasteiger partial charge on any atom is -0.376 e. The van der Waals surface area contributed by atoms with Crippen LogP contribution < -0.4 is 5.32 Å². The molecule has 160 valence electrons. The summed E-state index contributed by atoms with van der Waals surface area (Å²) in [6.07, 6.45) is 3.02. The third-order valence-electron chi connectivity index (χ3n) is 5.91. The third kappa shape index (κ3) is 4.20. The second-order valence-corrected chi connectivity index (χ2v) is 9.82. The van der Waals surface area contributed by atoms with Gasteiger partial charge in [-0.05, 0) is 67.1 Å². The van der Waals surface area contributed by atoms with Crippen LogP contribution in [0, 0.1) is 12.7 Å². The SMILES string of the molecule is Cc1ccc(NCC(=O)N2CCN(S(=O)(=O)c3ccc4c(c3)CCC4)CC2)cc1F. The fourth-order valence-corrected chi connectivity index (χ4v) is 5.50. The highest BCUT2D eigenvalue weighted by atomic mass is 32.2. The van der Waals surface area contributed by atoms with E-state index in [4.69, 9.17) is 0 Å². The number of benzene rings is 2. The Labute approximate surface area is 176 Å². The Kier molecular flexibility index (Phi) is 5.79. The normalized spacial score (nSPS) is 17.1. The van der Waals surface area contributed by atoms with E-state index < -0.39 is 10.0 Å². The molecular weight excluding hydrogens is 405 g/mol. The van der Waals surface area contributed by atoms with Crippen molar-refractivity contribution in [2.24, 2.45) is 0 Å².